The van der Waals surface area contributed by atoms with Crippen LogP contribution in [0.25, 0.3) is 0 Å². The molecule has 20 heavy (non-hydrogen) atoms. The maximum absolute atomic E-state index is 11.3. The van der Waals surface area contributed by atoms with E-state index >= 15 is 0 Å². The summed E-state index contributed by atoms with van der Waals surface area (Å²) in [4.78, 5) is 18.7. The Bertz CT molecular complexity index is 451. The van der Waals surface area contributed by atoms with Crippen molar-refractivity contribution in [2.75, 3.05) is 26.2 Å². The van der Waals surface area contributed by atoms with Crippen molar-refractivity contribution in [2.45, 2.75) is 33.2 Å². The third kappa shape index (κ3) is 4.26. The summed E-state index contributed by atoms with van der Waals surface area (Å²) in [6.07, 6.45) is 1.87. The molecule has 0 bridgehead atoms. The molecule has 0 aromatic carbocycles. The Labute approximate surface area is 124 Å². The predicted octanol–water partition coefficient (Wildman–Crippen LogP) is 1.84. The number of carboxylic acid groups (broad SMARTS) is 1. The lowest BCUT2D eigenvalue weighted by Crippen LogP contribution is -2.27. The minimum absolute atomic E-state index is 0.418. The van der Waals surface area contributed by atoms with Crippen LogP contribution in [0.3, 0.4) is 0 Å². The van der Waals surface area contributed by atoms with E-state index in [1.165, 1.54) is 11.3 Å². The van der Waals surface area contributed by atoms with E-state index in [-0.39, 0.29) is 0 Å². The zero-order valence-electron chi connectivity index (χ0n) is 12.2. The third-order valence-electron chi connectivity index (χ3n) is 3.33. The fraction of sp³-hybridized carbons (Fsp3) is 0.714. The van der Waals surface area contributed by atoms with Crippen molar-refractivity contribution in [3.63, 3.8) is 0 Å². The lowest BCUT2D eigenvalue weighted by Gasteiger charge is -2.17. The highest BCUT2D eigenvalue weighted by Gasteiger charge is 2.19. The summed E-state index contributed by atoms with van der Waals surface area (Å²) >= 11 is 1.34. The number of hydrogen-bond acceptors (Lipinski definition) is 5. The quantitative estimate of drug-likeness (QED) is 0.868. The van der Waals surface area contributed by atoms with Gasteiger partial charge in [0.15, 0.2) is 0 Å². The van der Waals surface area contributed by atoms with Gasteiger partial charge in [0.1, 0.15) is 9.88 Å². The van der Waals surface area contributed by atoms with Crippen molar-refractivity contribution in [1.82, 2.24) is 15.2 Å². The van der Waals surface area contributed by atoms with Gasteiger partial charge >= 0.3 is 5.97 Å². The standard InChI is InChI=1S/C14H23N3O2S/c1-10(2)8-11-13(14(18)19)20-12(16-11)9-17-6-3-4-15-5-7-17/h10,15H,3-9H2,1-2H3,(H,18,19). The van der Waals surface area contributed by atoms with Gasteiger partial charge in [-0.15, -0.1) is 11.3 Å². The van der Waals surface area contributed by atoms with E-state index in [4.69, 9.17) is 0 Å². The number of aromatic nitrogens is 1. The Kier molecular flexibility index (Phi) is 5.51. The fourth-order valence-electron chi connectivity index (χ4n) is 2.41. The van der Waals surface area contributed by atoms with E-state index in [0.717, 1.165) is 56.3 Å². The highest BCUT2D eigenvalue weighted by Crippen LogP contribution is 2.22. The van der Waals surface area contributed by atoms with Crippen LogP contribution in [-0.2, 0) is 13.0 Å². The van der Waals surface area contributed by atoms with Crippen LogP contribution in [0.15, 0.2) is 0 Å². The van der Waals surface area contributed by atoms with Crippen LogP contribution >= 0.6 is 11.3 Å². The molecule has 1 fully saturated rings. The molecule has 2 heterocycles. The Morgan fingerprint density at radius 1 is 1.45 bits per heavy atom. The lowest BCUT2D eigenvalue weighted by atomic mass is 10.1. The summed E-state index contributed by atoms with van der Waals surface area (Å²) in [5, 5.41) is 13.6. The van der Waals surface area contributed by atoms with E-state index < -0.39 is 5.97 Å². The predicted molar refractivity (Wildman–Crippen MR) is 80.4 cm³/mol. The molecule has 6 heteroatoms. The number of rotatable bonds is 5. The highest BCUT2D eigenvalue weighted by molar-refractivity contribution is 7.13. The molecule has 1 aliphatic heterocycles. The second-order valence-electron chi connectivity index (χ2n) is 5.67. The van der Waals surface area contributed by atoms with Gasteiger partial charge in [-0.2, -0.15) is 0 Å². The molecule has 0 unspecified atom stereocenters. The van der Waals surface area contributed by atoms with Crippen molar-refractivity contribution >= 4 is 17.3 Å². The molecule has 0 aliphatic carbocycles. The summed E-state index contributed by atoms with van der Waals surface area (Å²) in [5.41, 5.74) is 0.750. The molecule has 1 aliphatic rings. The molecule has 0 saturated carbocycles. The minimum atomic E-state index is -0.845. The van der Waals surface area contributed by atoms with Crippen molar-refractivity contribution in [1.29, 1.82) is 0 Å². The van der Waals surface area contributed by atoms with Crippen LogP contribution in [0.1, 0.15) is 40.6 Å². The first-order valence-corrected chi connectivity index (χ1v) is 8.03. The summed E-state index contributed by atoms with van der Waals surface area (Å²) in [5.74, 6) is -0.424. The lowest BCUT2D eigenvalue weighted by molar-refractivity contribution is 0.0700. The van der Waals surface area contributed by atoms with Gasteiger partial charge in [-0.25, -0.2) is 9.78 Å². The maximum atomic E-state index is 11.3. The minimum Gasteiger partial charge on any atom is -0.477 e. The summed E-state index contributed by atoms with van der Waals surface area (Å²) in [6, 6.07) is 0. The zero-order chi connectivity index (χ0) is 14.5. The summed E-state index contributed by atoms with van der Waals surface area (Å²) in [7, 11) is 0. The third-order valence-corrected chi connectivity index (χ3v) is 4.40. The number of nitrogens with one attached hydrogen (secondary N) is 1. The number of thiazole rings is 1. The van der Waals surface area contributed by atoms with Crippen LogP contribution in [0.4, 0.5) is 0 Å². The number of aromatic carboxylic acids is 1. The maximum Gasteiger partial charge on any atom is 0.347 e. The second kappa shape index (κ2) is 7.15. The van der Waals surface area contributed by atoms with E-state index in [9.17, 15) is 9.90 Å². The van der Waals surface area contributed by atoms with Crippen LogP contribution < -0.4 is 5.32 Å². The van der Waals surface area contributed by atoms with Gasteiger partial charge in [-0.3, -0.25) is 4.90 Å². The molecule has 0 radical (unpaired) electrons. The zero-order valence-corrected chi connectivity index (χ0v) is 13.0. The number of carboxylic acids is 1. The van der Waals surface area contributed by atoms with E-state index in [0.29, 0.717) is 10.8 Å². The Hall–Kier alpha value is -0.980. The molecule has 2 N–H and O–H groups in total. The van der Waals surface area contributed by atoms with E-state index in [1.807, 2.05) is 0 Å². The van der Waals surface area contributed by atoms with Gasteiger partial charge in [0.2, 0.25) is 0 Å². The summed E-state index contributed by atoms with van der Waals surface area (Å²) < 4.78 is 0. The van der Waals surface area contributed by atoms with Gasteiger partial charge < -0.3 is 10.4 Å². The Morgan fingerprint density at radius 3 is 2.95 bits per heavy atom. The monoisotopic (exact) mass is 297 g/mol. The molecular formula is C14H23N3O2S. The van der Waals surface area contributed by atoms with Crippen LogP contribution in [0.5, 0.6) is 0 Å². The normalized spacial score (nSPS) is 17.4. The van der Waals surface area contributed by atoms with Crippen LogP contribution in [0, 0.1) is 5.92 Å². The van der Waals surface area contributed by atoms with Gasteiger partial charge in [0.05, 0.1) is 12.2 Å². The second-order valence-corrected chi connectivity index (χ2v) is 6.75. The first kappa shape index (κ1) is 15.4. The van der Waals surface area contributed by atoms with Gasteiger partial charge in [-0.05, 0) is 31.8 Å². The molecule has 5 nitrogen and oxygen atoms in total. The molecule has 1 aromatic heterocycles. The van der Waals surface area contributed by atoms with Crippen LogP contribution in [-0.4, -0.2) is 47.1 Å². The fourth-order valence-corrected chi connectivity index (χ4v) is 3.38. The molecule has 0 amide bonds. The molecule has 0 atom stereocenters. The molecular weight excluding hydrogens is 274 g/mol. The van der Waals surface area contributed by atoms with E-state index in [2.05, 4.69) is 29.0 Å². The molecule has 2 rings (SSSR count). The van der Waals surface area contributed by atoms with Gasteiger partial charge in [-0.1, -0.05) is 13.8 Å². The average Bonchev–Trinajstić information content (AvgIpc) is 2.58. The van der Waals surface area contributed by atoms with Crippen molar-refractivity contribution in [2.24, 2.45) is 5.92 Å². The van der Waals surface area contributed by atoms with Gasteiger partial charge in [0.25, 0.3) is 0 Å². The molecule has 1 saturated heterocycles. The highest BCUT2D eigenvalue weighted by atomic mass is 32.1. The first-order chi connectivity index (χ1) is 9.56. The topological polar surface area (TPSA) is 65.5 Å². The van der Waals surface area contributed by atoms with Crippen LogP contribution in [0.2, 0.25) is 0 Å². The van der Waals surface area contributed by atoms with Crippen molar-refractivity contribution in [3.05, 3.63) is 15.6 Å². The molecule has 112 valence electrons. The number of carbonyl (C=O) groups is 1. The average molecular weight is 297 g/mol. The number of nitrogens with zero attached hydrogens (tertiary/aromatic N) is 2. The van der Waals surface area contributed by atoms with E-state index in [1.54, 1.807) is 0 Å². The van der Waals surface area contributed by atoms with Crippen molar-refractivity contribution < 1.29 is 9.90 Å². The summed E-state index contributed by atoms with van der Waals surface area (Å²) in [6.45, 7) is 9.06. The molecule has 0 spiro atoms. The Morgan fingerprint density at radius 2 is 2.25 bits per heavy atom. The van der Waals surface area contributed by atoms with Gasteiger partial charge in [0, 0.05) is 13.1 Å². The van der Waals surface area contributed by atoms with Crippen molar-refractivity contribution in [3.8, 4) is 0 Å². The largest absolute Gasteiger partial charge is 0.477 e. The Balaban J connectivity index is 2.09. The SMILES string of the molecule is CC(C)Cc1nc(CN2CCCNCC2)sc1C(=O)O. The number of hydrogen-bond donors (Lipinski definition) is 2. The smallest absolute Gasteiger partial charge is 0.347 e. The first-order valence-electron chi connectivity index (χ1n) is 7.21. The molecule has 1 aromatic rings.